The fourth-order valence-corrected chi connectivity index (χ4v) is 5.34. The molecule has 2 N–H and O–H groups in total. The van der Waals surface area contributed by atoms with Gasteiger partial charge in [0.1, 0.15) is 27.4 Å². The van der Waals surface area contributed by atoms with Gasteiger partial charge in [-0.1, -0.05) is 15.9 Å². The van der Waals surface area contributed by atoms with Crippen molar-refractivity contribution in [3.8, 4) is 11.6 Å². The first kappa shape index (κ1) is 19.8. The Morgan fingerprint density at radius 3 is 2.63 bits per heavy atom. The number of nitrogens with two attached hydrogens (primary N) is 1. The Bertz CT molecular complexity index is 1020. The molecule has 3 rings (SSSR count). The first-order valence-electron chi connectivity index (χ1n) is 8.20. The van der Waals surface area contributed by atoms with Gasteiger partial charge in [-0.3, -0.25) is 4.99 Å². The van der Waals surface area contributed by atoms with Crippen LogP contribution in [0, 0.1) is 5.82 Å². The Hall–Kier alpha value is -2.00. The molecule has 0 amide bonds. The number of ether oxygens (including phenoxy) is 1. The van der Waals surface area contributed by atoms with Crippen molar-refractivity contribution in [1.29, 1.82) is 0 Å². The van der Waals surface area contributed by atoms with E-state index in [1.54, 1.807) is 25.3 Å². The monoisotopic (exact) mass is 455 g/mol. The Morgan fingerprint density at radius 1 is 1.26 bits per heavy atom. The molecule has 0 saturated heterocycles. The summed E-state index contributed by atoms with van der Waals surface area (Å²) < 4.78 is 45.9. The van der Waals surface area contributed by atoms with E-state index in [0.29, 0.717) is 5.88 Å². The van der Waals surface area contributed by atoms with E-state index >= 15 is 0 Å². The van der Waals surface area contributed by atoms with Gasteiger partial charge in [-0.25, -0.2) is 17.8 Å². The first-order valence-corrected chi connectivity index (χ1v) is 10.5. The summed E-state index contributed by atoms with van der Waals surface area (Å²) in [6, 6.07) is 6.64. The maximum Gasteiger partial charge on any atom is 0.220 e. The lowest BCUT2D eigenvalue weighted by Crippen LogP contribution is -2.53. The Kier molecular flexibility index (Phi) is 5.02. The summed E-state index contributed by atoms with van der Waals surface area (Å²) in [5.41, 5.74) is 5.84. The van der Waals surface area contributed by atoms with Gasteiger partial charge in [-0.2, -0.15) is 0 Å². The number of halogens is 2. The van der Waals surface area contributed by atoms with Crippen LogP contribution < -0.4 is 10.5 Å². The predicted octanol–water partition coefficient (Wildman–Crippen LogP) is 3.77. The quantitative estimate of drug-likeness (QED) is 0.759. The number of hydrogen-bond donors (Lipinski definition) is 1. The number of aliphatic imine (C=N–C) groups is 1. The normalized spacial score (nSPS) is 23.5. The molecule has 0 spiro atoms. The number of hydrogen-bond acceptors (Lipinski definition) is 6. The lowest BCUT2D eigenvalue weighted by atomic mass is 10.0. The molecule has 2 heterocycles. The summed E-state index contributed by atoms with van der Waals surface area (Å²) in [4.78, 5) is 8.32. The van der Waals surface area contributed by atoms with Crippen LogP contribution in [0.15, 0.2) is 46.0 Å². The fourth-order valence-electron chi connectivity index (χ4n) is 2.96. The van der Waals surface area contributed by atoms with Crippen molar-refractivity contribution in [1.82, 2.24) is 4.98 Å². The van der Waals surface area contributed by atoms with Crippen LogP contribution in [-0.2, 0) is 9.84 Å². The van der Waals surface area contributed by atoms with Crippen LogP contribution >= 0.6 is 15.9 Å². The summed E-state index contributed by atoms with van der Waals surface area (Å²) in [6.07, 6.45) is 1.55. The average molecular weight is 456 g/mol. The van der Waals surface area contributed by atoms with Gasteiger partial charge < -0.3 is 10.5 Å². The van der Waals surface area contributed by atoms with E-state index in [2.05, 4.69) is 25.9 Å². The van der Waals surface area contributed by atoms with Gasteiger partial charge in [-0.15, -0.1) is 0 Å². The zero-order chi connectivity index (χ0) is 20.0. The molecular weight excluding hydrogens is 437 g/mol. The smallest absolute Gasteiger partial charge is 0.220 e. The highest BCUT2D eigenvalue weighted by Gasteiger charge is 2.50. The highest BCUT2D eigenvalue weighted by Crippen LogP contribution is 2.41. The molecule has 0 aliphatic carbocycles. The van der Waals surface area contributed by atoms with Gasteiger partial charge in [0.05, 0.1) is 6.04 Å². The third kappa shape index (κ3) is 3.45. The van der Waals surface area contributed by atoms with Crippen molar-refractivity contribution < 1.29 is 17.5 Å². The molecule has 0 bridgehead atoms. The van der Waals surface area contributed by atoms with Crippen LogP contribution in [0.1, 0.15) is 31.6 Å². The second kappa shape index (κ2) is 6.87. The minimum Gasteiger partial charge on any atom is -0.439 e. The number of amidine groups is 1. The van der Waals surface area contributed by atoms with Crippen LogP contribution in [0.5, 0.6) is 11.6 Å². The van der Waals surface area contributed by atoms with Crippen molar-refractivity contribution in [2.45, 2.75) is 36.8 Å². The van der Waals surface area contributed by atoms with Crippen LogP contribution in [0.2, 0.25) is 0 Å². The van der Waals surface area contributed by atoms with Crippen molar-refractivity contribution in [3.63, 3.8) is 0 Å². The van der Waals surface area contributed by atoms with Gasteiger partial charge in [0.15, 0.2) is 9.84 Å². The summed E-state index contributed by atoms with van der Waals surface area (Å²) in [6.45, 7) is 4.56. The summed E-state index contributed by atoms with van der Waals surface area (Å²) in [7, 11) is -3.85. The van der Waals surface area contributed by atoms with Gasteiger partial charge in [-0.05, 0) is 45.0 Å². The van der Waals surface area contributed by atoms with E-state index in [-0.39, 0.29) is 17.1 Å². The van der Waals surface area contributed by atoms with E-state index in [9.17, 15) is 12.8 Å². The third-order valence-corrected chi connectivity index (χ3v) is 8.08. The van der Waals surface area contributed by atoms with Crippen molar-refractivity contribution in [2.75, 3.05) is 0 Å². The van der Waals surface area contributed by atoms with Crippen molar-refractivity contribution >= 4 is 31.6 Å². The summed E-state index contributed by atoms with van der Waals surface area (Å²) in [5, 5.41) is -1.17. The minimum atomic E-state index is -3.85. The SMILES string of the molecule is C[C@H]1N=C(N)C(C)(C)S(=O)(=O)C1c1cc(Oc2cc(Br)ccn2)ccc1F. The van der Waals surface area contributed by atoms with Crippen LogP contribution in [0.25, 0.3) is 0 Å². The largest absolute Gasteiger partial charge is 0.439 e. The Morgan fingerprint density at radius 2 is 1.96 bits per heavy atom. The molecule has 1 aromatic carbocycles. The molecule has 2 atom stereocenters. The van der Waals surface area contributed by atoms with Gasteiger partial charge in [0.25, 0.3) is 0 Å². The predicted molar refractivity (Wildman–Crippen MR) is 105 cm³/mol. The van der Waals surface area contributed by atoms with Crippen LogP contribution in [0.4, 0.5) is 4.39 Å². The zero-order valence-corrected chi connectivity index (χ0v) is 17.4. The Balaban J connectivity index is 2.06. The molecule has 0 saturated carbocycles. The number of sulfone groups is 1. The summed E-state index contributed by atoms with van der Waals surface area (Å²) >= 11 is 3.32. The number of pyridine rings is 1. The molecule has 27 heavy (non-hydrogen) atoms. The fraction of sp³-hybridized carbons (Fsp3) is 0.333. The standard InChI is InChI=1S/C18H19BrFN3O3S/c1-10-16(27(24,25)18(2,3)17(21)23-10)13-9-12(4-5-14(13)20)26-15-8-11(19)6-7-22-15/h4-10,16H,1-3H3,(H2,21,23)/t10-,16?/m1/s1. The molecule has 6 nitrogen and oxygen atoms in total. The number of aromatic nitrogens is 1. The van der Waals surface area contributed by atoms with Gasteiger partial charge in [0, 0.05) is 22.3 Å². The molecule has 1 unspecified atom stereocenters. The van der Waals surface area contributed by atoms with E-state index in [4.69, 9.17) is 10.5 Å². The van der Waals surface area contributed by atoms with Crippen LogP contribution in [0.3, 0.4) is 0 Å². The number of rotatable bonds is 3. The number of benzene rings is 1. The Labute approximate surface area is 165 Å². The van der Waals surface area contributed by atoms with E-state index < -0.39 is 31.7 Å². The second-order valence-electron chi connectivity index (χ2n) is 6.83. The molecule has 0 fully saturated rings. The zero-order valence-electron chi connectivity index (χ0n) is 15.0. The maximum atomic E-state index is 14.6. The van der Waals surface area contributed by atoms with Gasteiger partial charge >= 0.3 is 0 Å². The number of nitrogens with zero attached hydrogens (tertiary/aromatic N) is 2. The second-order valence-corrected chi connectivity index (χ2v) is 10.4. The van der Waals surface area contributed by atoms with Crippen LogP contribution in [-0.4, -0.2) is 30.0 Å². The van der Waals surface area contributed by atoms with E-state index in [0.717, 1.165) is 4.47 Å². The maximum absolute atomic E-state index is 14.6. The lowest BCUT2D eigenvalue weighted by Gasteiger charge is -2.36. The molecule has 1 aromatic heterocycles. The topological polar surface area (TPSA) is 94.6 Å². The molecule has 0 radical (unpaired) electrons. The molecule has 9 heteroatoms. The highest BCUT2D eigenvalue weighted by molar-refractivity contribution is 9.10. The van der Waals surface area contributed by atoms with E-state index in [1.165, 1.54) is 32.0 Å². The molecule has 1 aliphatic rings. The van der Waals surface area contributed by atoms with Crippen molar-refractivity contribution in [2.24, 2.45) is 10.7 Å². The van der Waals surface area contributed by atoms with Gasteiger partial charge in [0.2, 0.25) is 5.88 Å². The third-order valence-electron chi connectivity index (χ3n) is 4.64. The average Bonchev–Trinajstić information content (AvgIpc) is 2.56. The molecular formula is C18H19BrFN3O3S. The lowest BCUT2D eigenvalue weighted by molar-refractivity contribution is 0.458. The first-order chi connectivity index (χ1) is 12.5. The van der Waals surface area contributed by atoms with Crippen molar-refractivity contribution in [3.05, 3.63) is 52.4 Å². The summed E-state index contributed by atoms with van der Waals surface area (Å²) in [5.74, 6) is -0.0438. The highest BCUT2D eigenvalue weighted by atomic mass is 79.9. The molecule has 144 valence electrons. The molecule has 2 aromatic rings. The minimum absolute atomic E-state index is 0.000628. The molecule has 1 aliphatic heterocycles. The van der Waals surface area contributed by atoms with E-state index in [1.807, 2.05) is 0 Å².